The number of nitrogens with zero attached hydrogens (tertiary/aromatic N) is 2. The zero-order valence-corrected chi connectivity index (χ0v) is 9.65. The van der Waals surface area contributed by atoms with Gasteiger partial charge in [-0.3, -0.25) is 9.69 Å². The highest BCUT2D eigenvalue weighted by atomic mass is 16.2. The number of rotatable bonds is 3. The van der Waals surface area contributed by atoms with Gasteiger partial charge in [0.2, 0.25) is 5.91 Å². The number of nitrogens with two attached hydrogens (primary N) is 1. The fourth-order valence-electron chi connectivity index (χ4n) is 2.30. The van der Waals surface area contributed by atoms with E-state index in [0.717, 1.165) is 19.6 Å². The zero-order valence-electron chi connectivity index (χ0n) is 9.65. The lowest BCUT2D eigenvalue weighted by atomic mass is 10.1. The summed E-state index contributed by atoms with van der Waals surface area (Å²) in [5.74, 6) is 0.296. The van der Waals surface area contributed by atoms with Gasteiger partial charge >= 0.3 is 0 Å². The summed E-state index contributed by atoms with van der Waals surface area (Å²) in [7, 11) is 0. The highest BCUT2D eigenvalue weighted by Gasteiger charge is 2.39. The fourth-order valence-corrected chi connectivity index (χ4v) is 2.30. The molecule has 2 rings (SSSR count). The third-order valence-electron chi connectivity index (χ3n) is 3.33. The van der Waals surface area contributed by atoms with Gasteiger partial charge in [0.1, 0.15) is 0 Å². The molecule has 1 amide bonds. The largest absolute Gasteiger partial charge is 0.337 e. The molecular weight excluding hydrogens is 190 g/mol. The third kappa shape index (κ3) is 2.32. The number of amides is 1. The van der Waals surface area contributed by atoms with E-state index in [1.165, 1.54) is 12.8 Å². The van der Waals surface area contributed by atoms with Crippen molar-refractivity contribution in [3.63, 3.8) is 0 Å². The topological polar surface area (TPSA) is 49.6 Å². The Morgan fingerprint density at radius 3 is 2.67 bits per heavy atom. The molecule has 0 aromatic carbocycles. The van der Waals surface area contributed by atoms with Crippen molar-refractivity contribution in [1.82, 2.24) is 9.80 Å². The summed E-state index contributed by atoms with van der Waals surface area (Å²) in [5, 5.41) is 0. The second-order valence-corrected chi connectivity index (χ2v) is 4.91. The van der Waals surface area contributed by atoms with Crippen LogP contribution in [0.1, 0.15) is 26.7 Å². The van der Waals surface area contributed by atoms with Crippen molar-refractivity contribution in [2.75, 3.05) is 19.6 Å². The average Bonchev–Trinajstić information content (AvgIpc) is 2.96. The maximum Gasteiger partial charge on any atom is 0.239 e. The quantitative estimate of drug-likeness (QED) is 0.716. The highest BCUT2D eigenvalue weighted by Crippen LogP contribution is 2.29. The van der Waals surface area contributed by atoms with Crippen molar-refractivity contribution < 1.29 is 4.79 Å². The van der Waals surface area contributed by atoms with Gasteiger partial charge in [0.05, 0.1) is 6.04 Å². The molecule has 4 nitrogen and oxygen atoms in total. The van der Waals surface area contributed by atoms with Crippen LogP contribution in [0.3, 0.4) is 0 Å². The SMILES string of the molecule is CC(N)CN1CCN(C2CC2)C(=O)C1C. The minimum absolute atomic E-state index is 0.0188. The van der Waals surface area contributed by atoms with E-state index in [2.05, 4.69) is 9.80 Å². The third-order valence-corrected chi connectivity index (χ3v) is 3.33. The predicted molar refractivity (Wildman–Crippen MR) is 59.4 cm³/mol. The number of carbonyl (C=O) groups is 1. The van der Waals surface area contributed by atoms with Gasteiger partial charge in [0.25, 0.3) is 0 Å². The molecule has 86 valence electrons. The van der Waals surface area contributed by atoms with Gasteiger partial charge in [0.15, 0.2) is 0 Å². The number of carbonyl (C=O) groups excluding carboxylic acids is 1. The molecule has 0 aromatic heterocycles. The molecular formula is C11H21N3O. The van der Waals surface area contributed by atoms with Gasteiger partial charge in [-0.1, -0.05) is 0 Å². The molecule has 2 aliphatic rings. The van der Waals surface area contributed by atoms with Crippen molar-refractivity contribution in [2.45, 2.75) is 44.8 Å². The average molecular weight is 211 g/mol. The van der Waals surface area contributed by atoms with E-state index in [9.17, 15) is 4.79 Å². The Morgan fingerprint density at radius 2 is 2.13 bits per heavy atom. The number of hydrogen-bond acceptors (Lipinski definition) is 3. The molecule has 1 heterocycles. The van der Waals surface area contributed by atoms with Crippen LogP contribution >= 0.6 is 0 Å². The molecule has 1 aliphatic carbocycles. The summed E-state index contributed by atoms with van der Waals surface area (Å²) in [5.41, 5.74) is 5.77. The second kappa shape index (κ2) is 4.10. The first-order valence-corrected chi connectivity index (χ1v) is 5.89. The minimum Gasteiger partial charge on any atom is -0.337 e. The van der Waals surface area contributed by atoms with Crippen molar-refractivity contribution in [3.8, 4) is 0 Å². The van der Waals surface area contributed by atoms with E-state index in [1.54, 1.807) is 0 Å². The molecule has 2 unspecified atom stereocenters. The summed E-state index contributed by atoms with van der Waals surface area (Å²) < 4.78 is 0. The van der Waals surface area contributed by atoms with Crippen LogP contribution in [-0.2, 0) is 4.79 Å². The molecule has 15 heavy (non-hydrogen) atoms. The van der Waals surface area contributed by atoms with E-state index in [4.69, 9.17) is 5.73 Å². The van der Waals surface area contributed by atoms with Crippen molar-refractivity contribution in [2.24, 2.45) is 5.73 Å². The summed E-state index contributed by atoms with van der Waals surface area (Å²) in [4.78, 5) is 16.3. The maximum absolute atomic E-state index is 12.0. The maximum atomic E-state index is 12.0. The van der Waals surface area contributed by atoms with E-state index >= 15 is 0 Å². The molecule has 0 radical (unpaired) electrons. The monoisotopic (exact) mass is 211 g/mol. The first-order valence-electron chi connectivity index (χ1n) is 5.89. The van der Waals surface area contributed by atoms with Gasteiger partial charge in [-0.2, -0.15) is 0 Å². The van der Waals surface area contributed by atoms with Gasteiger partial charge in [-0.05, 0) is 26.7 Å². The van der Waals surface area contributed by atoms with Gasteiger partial charge in [0, 0.05) is 31.7 Å². The van der Waals surface area contributed by atoms with Gasteiger partial charge in [-0.25, -0.2) is 0 Å². The molecule has 1 saturated carbocycles. The molecule has 4 heteroatoms. The number of hydrogen-bond donors (Lipinski definition) is 1. The van der Waals surface area contributed by atoms with Crippen molar-refractivity contribution in [1.29, 1.82) is 0 Å². The molecule has 0 spiro atoms. The fraction of sp³-hybridized carbons (Fsp3) is 0.909. The molecule has 2 atom stereocenters. The Morgan fingerprint density at radius 1 is 1.47 bits per heavy atom. The predicted octanol–water partition coefficient (Wildman–Crippen LogP) is 0.0287. The lowest BCUT2D eigenvalue weighted by Crippen LogP contribution is -2.58. The van der Waals surface area contributed by atoms with Crippen LogP contribution in [0.15, 0.2) is 0 Å². The minimum atomic E-state index is 0.0188. The van der Waals surface area contributed by atoms with Crippen LogP contribution in [0, 0.1) is 0 Å². The van der Waals surface area contributed by atoms with Crippen LogP contribution in [-0.4, -0.2) is 53.5 Å². The summed E-state index contributed by atoms with van der Waals surface area (Å²) in [6.07, 6.45) is 2.40. The Kier molecular flexibility index (Phi) is 2.98. The van der Waals surface area contributed by atoms with Crippen molar-refractivity contribution in [3.05, 3.63) is 0 Å². The first-order chi connectivity index (χ1) is 7.09. The Bertz CT molecular complexity index is 250. The normalized spacial score (nSPS) is 30.7. The standard InChI is InChI=1S/C11H21N3O/c1-8(12)7-13-5-6-14(10-3-4-10)11(15)9(13)2/h8-10H,3-7,12H2,1-2H3. The van der Waals surface area contributed by atoms with Gasteiger partial charge < -0.3 is 10.6 Å². The molecule has 1 saturated heterocycles. The molecule has 1 aliphatic heterocycles. The van der Waals surface area contributed by atoms with E-state index in [1.807, 2.05) is 13.8 Å². The van der Waals surface area contributed by atoms with E-state index in [0.29, 0.717) is 11.9 Å². The van der Waals surface area contributed by atoms with E-state index in [-0.39, 0.29) is 12.1 Å². The summed E-state index contributed by atoms with van der Waals surface area (Å²) >= 11 is 0. The Hall–Kier alpha value is -0.610. The van der Waals surface area contributed by atoms with Crippen molar-refractivity contribution >= 4 is 5.91 Å². The summed E-state index contributed by atoms with van der Waals surface area (Å²) in [6, 6.07) is 0.718. The van der Waals surface area contributed by atoms with E-state index < -0.39 is 0 Å². The second-order valence-electron chi connectivity index (χ2n) is 4.91. The Labute approximate surface area is 91.4 Å². The van der Waals surface area contributed by atoms with Crippen LogP contribution in [0.2, 0.25) is 0 Å². The van der Waals surface area contributed by atoms with Crippen LogP contribution in [0.25, 0.3) is 0 Å². The highest BCUT2D eigenvalue weighted by molar-refractivity contribution is 5.82. The molecule has 0 bridgehead atoms. The van der Waals surface area contributed by atoms with Crippen LogP contribution in [0.4, 0.5) is 0 Å². The zero-order chi connectivity index (χ0) is 11.0. The smallest absolute Gasteiger partial charge is 0.239 e. The lowest BCUT2D eigenvalue weighted by molar-refractivity contribution is -0.141. The Balaban J connectivity index is 1.94. The van der Waals surface area contributed by atoms with Crippen LogP contribution in [0.5, 0.6) is 0 Å². The summed E-state index contributed by atoms with van der Waals surface area (Å²) in [6.45, 7) is 6.68. The van der Waals surface area contributed by atoms with Gasteiger partial charge in [-0.15, -0.1) is 0 Å². The van der Waals surface area contributed by atoms with Crippen LogP contribution < -0.4 is 5.73 Å². The molecule has 0 aromatic rings. The molecule has 2 fully saturated rings. The molecule has 2 N–H and O–H groups in total. The first kappa shape index (κ1) is 10.9. The lowest BCUT2D eigenvalue weighted by Gasteiger charge is -2.40. The number of piperazine rings is 1.